The lowest BCUT2D eigenvalue weighted by atomic mass is 10.2. The molecule has 4 rings (SSSR count). The molecule has 0 radical (unpaired) electrons. The summed E-state index contributed by atoms with van der Waals surface area (Å²) in [6, 6.07) is 15.1. The van der Waals surface area contributed by atoms with Crippen LogP contribution in [0.2, 0.25) is 5.02 Å². The van der Waals surface area contributed by atoms with Gasteiger partial charge in [0.15, 0.2) is 5.16 Å². The van der Waals surface area contributed by atoms with Gasteiger partial charge in [0.25, 0.3) is 5.56 Å². The van der Waals surface area contributed by atoms with Crippen LogP contribution in [-0.4, -0.2) is 14.5 Å². The molecular weight excluding hydrogens is 386 g/mol. The first-order valence-corrected chi connectivity index (χ1v) is 10.2. The van der Waals surface area contributed by atoms with E-state index in [1.165, 1.54) is 11.8 Å². The molecule has 2 aromatic heterocycles. The van der Waals surface area contributed by atoms with E-state index in [0.29, 0.717) is 26.8 Å². The Kier molecular flexibility index (Phi) is 4.80. The Bertz CT molecular complexity index is 1150. The van der Waals surface area contributed by atoms with Gasteiger partial charge in [-0.25, -0.2) is 9.97 Å². The Morgan fingerprint density at radius 3 is 2.73 bits per heavy atom. The SMILES string of the molecule is Cn1c(SCc2csc(-c3ccccc3Cl)n2)nc2ccccc2c1=O. The molecule has 4 aromatic rings. The molecule has 0 spiro atoms. The van der Waals surface area contributed by atoms with Crippen LogP contribution in [0.1, 0.15) is 5.69 Å². The third kappa shape index (κ3) is 3.28. The summed E-state index contributed by atoms with van der Waals surface area (Å²) < 4.78 is 1.59. The lowest BCUT2D eigenvalue weighted by Gasteiger charge is -2.07. The lowest BCUT2D eigenvalue weighted by molar-refractivity contribution is 0.726. The maximum atomic E-state index is 12.5. The van der Waals surface area contributed by atoms with Crippen molar-refractivity contribution in [3.8, 4) is 10.6 Å². The van der Waals surface area contributed by atoms with Crippen LogP contribution in [0.5, 0.6) is 0 Å². The van der Waals surface area contributed by atoms with Crippen LogP contribution < -0.4 is 5.56 Å². The van der Waals surface area contributed by atoms with Crippen LogP contribution in [0.15, 0.2) is 63.9 Å². The third-order valence-corrected chi connectivity index (χ3v) is 6.26. The predicted octanol–water partition coefficient (Wildman–Crippen LogP) is 5.00. The van der Waals surface area contributed by atoms with Crippen LogP contribution in [0.3, 0.4) is 0 Å². The molecule has 2 aromatic carbocycles. The number of para-hydroxylation sites is 1. The van der Waals surface area contributed by atoms with E-state index in [0.717, 1.165) is 16.3 Å². The molecule has 130 valence electrons. The van der Waals surface area contributed by atoms with Gasteiger partial charge in [0.1, 0.15) is 5.01 Å². The summed E-state index contributed by atoms with van der Waals surface area (Å²) in [4.78, 5) is 21.7. The highest BCUT2D eigenvalue weighted by atomic mass is 35.5. The minimum absolute atomic E-state index is 0.0341. The van der Waals surface area contributed by atoms with Gasteiger partial charge < -0.3 is 0 Å². The van der Waals surface area contributed by atoms with E-state index in [1.807, 2.05) is 47.8 Å². The number of aromatic nitrogens is 3. The molecule has 0 unspecified atom stereocenters. The highest BCUT2D eigenvalue weighted by Gasteiger charge is 2.11. The number of fused-ring (bicyclic) bond motifs is 1. The number of thioether (sulfide) groups is 1. The molecule has 0 saturated heterocycles. The number of halogens is 1. The fraction of sp³-hybridized carbons (Fsp3) is 0.105. The van der Waals surface area contributed by atoms with Gasteiger partial charge in [0.05, 0.1) is 21.6 Å². The van der Waals surface area contributed by atoms with Gasteiger partial charge in [-0.3, -0.25) is 9.36 Å². The fourth-order valence-electron chi connectivity index (χ4n) is 2.60. The highest BCUT2D eigenvalue weighted by Crippen LogP contribution is 2.31. The molecule has 0 bridgehead atoms. The second-order valence-electron chi connectivity index (χ2n) is 5.69. The Balaban J connectivity index is 1.59. The summed E-state index contributed by atoms with van der Waals surface area (Å²) in [5.41, 5.74) is 2.56. The number of rotatable bonds is 4. The maximum absolute atomic E-state index is 12.5. The number of benzene rings is 2. The first kappa shape index (κ1) is 17.3. The maximum Gasteiger partial charge on any atom is 0.261 e. The van der Waals surface area contributed by atoms with E-state index in [2.05, 4.69) is 9.97 Å². The van der Waals surface area contributed by atoms with Crippen molar-refractivity contribution in [3.63, 3.8) is 0 Å². The molecule has 0 N–H and O–H groups in total. The lowest BCUT2D eigenvalue weighted by Crippen LogP contribution is -2.19. The van der Waals surface area contributed by atoms with Gasteiger partial charge in [0.2, 0.25) is 0 Å². The highest BCUT2D eigenvalue weighted by molar-refractivity contribution is 7.98. The zero-order chi connectivity index (χ0) is 18.1. The quantitative estimate of drug-likeness (QED) is 0.358. The Morgan fingerprint density at radius 1 is 1.12 bits per heavy atom. The van der Waals surface area contributed by atoms with Crippen LogP contribution in [0.25, 0.3) is 21.5 Å². The summed E-state index contributed by atoms with van der Waals surface area (Å²) in [5, 5.41) is 4.92. The average Bonchev–Trinajstić information content (AvgIpc) is 3.13. The number of nitrogens with zero attached hydrogens (tertiary/aromatic N) is 3. The van der Waals surface area contributed by atoms with Crippen LogP contribution >= 0.6 is 34.7 Å². The van der Waals surface area contributed by atoms with E-state index in [4.69, 9.17) is 11.6 Å². The standard InChI is InChI=1S/C19H14ClN3OS2/c1-23-18(24)14-7-3-5-9-16(14)22-19(23)26-11-12-10-25-17(21-12)13-6-2-4-8-15(13)20/h2-10H,11H2,1H3. The van der Waals surface area contributed by atoms with Crippen molar-refractivity contribution in [2.24, 2.45) is 7.05 Å². The summed E-state index contributed by atoms with van der Waals surface area (Å²) in [7, 11) is 1.75. The smallest absolute Gasteiger partial charge is 0.261 e. The van der Waals surface area contributed by atoms with Gasteiger partial charge >= 0.3 is 0 Å². The largest absolute Gasteiger partial charge is 0.290 e. The van der Waals surface area contributed by atoms with E-state index in [9.17, 15) is 4.79 Å². The molecule has 0 aliphatic heterocycles. The minimum Gasteiger partial charge on any atom is -0.290 e. The molecule has 0 amide bonds. The van der Waals surface area contributed by atoms with Crippen molar-refractivity contribution in [3.05, 3.63) is 75.0 Å². The average molecular weight is 400 g/mol. The zero-order valence-electron chi connectivity index (χ0n) is 13.8. The van der Waals surface area contributed by atoms with Crippen molar-refractivity contribution in [2.45, 2.75) is 10.9 Å². The van der Waals surface area contributed by atoms with E-state index in [1.54, 1.807) is 29.0 Å². The molecule has 7 heteroatoms. The van der Waals surface area contributed by atoms with E-state index < -0.39 is 0 Å². The van der Waals surface area contributed by atoms with Crippen molar-refractivity contribution >= 4 is 45.6 Å². The van der Waals surface area contributed by atoms with Gasteiger partial charge in [0, 0.05) is 23.7 Å². The van der Waals surface area contributed by atoms with Crippen LogP contribution in [-0.2, 0) is 12.8 Å². The molecular formula is C19H14ClN3OS2. The summed E-state index contributed by atoms with van der Waals surface area (Å²) in [6.45, 7) is 0. The Labute approximate surface area is 163 Å². The third-order valence-electron chi connectivity index (χ3n) is 3.95. The van der Waals surface area contributed by atoms with E-state index >= 15 is 0 Å². The predicted molar refractivity (Wildman–Crippen MR) is 109 cm³/mol. The molecule has 0 fully saturated rings. The zero-order valence-corrected chi connectivity index (χ0v) is 16.2. The first-order valence-electron chi connectivity index (χ1n) is 7.91. The number of hydrogen-bond acceptors (Lipinski definition) is 5. The summed E-state index contributed by atoms with van der Waals surface area (Å²) in [5.74, 6) is 0.638. The second kappa shape index (κ2) is 7.23. The molecule has 0 saturated carbocycles. The minimum atomic E-state index is -0.0341. The number of thiazole rings is 1. The summed E-state index contributed by atoms with van der Waals surface area (Å²) in [6.07, 6.45) is 0. The Hall–Kier alpha value is -2.15. The topological polar surface area (TPSA) is 47.8 Å². The van der Waals surface area contributed by atoms with Gasteiger partial charge in [-0.2, -0.15) is 0 Å². The van der Waals surface area contributed by atoms with Crippen LogP contribution in [0.4, 0.5) is 0 Å². The molecule has 0 atom stereocenters. The normalized spacial score (nSPS) is 11.2. The monoisotopic (exact) mass is 399 g/mol. The van der Waals surface area contributed by atoms with Crippen molar-refractivity contribution in [1.82, 2.24) is 14.5 Å². The van der Waals surface area contributed by atoms with Gasteiger partial charge in [-0.1, -0.05) is 53.7 Å². The molecule has 26 heavy (non-hydrogen) atoms. The van der Waals surface area contributed by atoms with E-state index in [-0.39, 0.29) is 5.56 Å². The summed E-state index contributed by atoms with van der Waals surface area (Å²) >= 11 is 9.32. The van der Waals surface area contributed by atoms with Crippen molar-refractivity contribution < 1.29 is 0 Å². The molecule has 4 nitrogen and oxygen atoms in total. The molecule has 0 aliphatic rings. The number of hydrogen-bond donors (Lipinski definition) is 0. The van der Waals surface area contributed by atoms with Crippen molar-refractivity contribution in [2.75, 3.05) is 0 Å². The van der Waals surface area contributed by atoms with Crippen molar-refractivity contribution in [1.29, 1.82) is 0 Å². The fourth-order valence-corrected chi connectivity index (χ4v) is 4.71. The Morgan fingerprint density at radius 2 is 1.88 bits per heavy atom. The molecule has 2 heterocycles. The van der Waals surface area contributed by atoms with Gasteiger partial charge in [-0.05, 0) is 18.2 Å². The van der Waals surface area contributed by atoms with Crippen LogP contribution in [0, 0.1) is 0 Å². The molecule has 0 aliphatic carbocycles. The van der Waals surface area contributed by atoms with Gasteiger partial charge in [-0.15, -0.1) is 11.3 Å². The first-order chi connectivity index (χ1) is 12.6. The second-order valence-corrected chi connectivity index (χ2v) is 7.90.